The van der Waals surface area contributed by atoms with Gasteiger partial charge in [-0.15, -0.1) is 0 Å². The number of aliphatic hydroxyl groups is 1. The lowest BCUT2D eigenvalue weighted by Gasteiger charge is -2.24. The molecular formula is C8H13NO3. The van der Waals surface area contributed by atoms with Crippen LogP contribution in [0.3, 0.4) is 0 Å². The molecule has 1 saturated heterocycles. The minimum Gasteiger partial charge on any atom is -0.446 e. The highest BCUT2D eigenvalue weighted by molar-refractivity contribution is 5.68. The van der Waals surface area contributed by atoms with Gasteiger partial charge in [-0.3, -0.25) is 0 Å². The molecule has 0 aromatic heterocycles. The van der Waals surface area contributed by atoms with Crippen LogP contribution in [-0.4, -0.2) is 29.4 Å². The van der Waals surface area contributed by atoms with E-state index in [9.17, 15) is 9.90 Å². The summed E-state index contributed by atoms with van der Waals surface area (Å²) in [4.78, 5) is 10.8. The van der Waals surface area contributed by atoms with Crippen molar-refractivity contribution in [3.05, 3.63) is 0 Å². The molecule has 1 aliphatic heterocycles. The molecule has 1 atom stereocenters. The molecule has 4 nitrogen and oxygen atoms in total. The zero-order valence-electron chi connectivity index (χ0n) is 6.88. The van der Waals surface area contributed by atoms with Crippen LogP contribution in [0.15, 0.2) is 0 Å². The Morgan fingerprint density at radius 3 is 3.00 bits per heavy atom. The van der Waals surface area contributed by atoms with Gasteiger partial charge in [0.25, 0.3) is 0 Å². The Kier molecular flexibility index (Phi) is 1.72. The minimum absolute atomic E-state index is 0.0775. The van der Waals surface area contributed by atoms with Crippen LogP contribution in [0.5, 0.6) is 0 Å². The van der Waals surface area contributed by atoms with Crippen LogP contribution in [0, 0.1) is 0 Å². The molecule has 2 rings (SSSR count). The Morgan fingerprint density at radius 1 is 1.67 bits per heavy atom. The fourth-order valence-electron chi connectivity index (χ4n) is 1.50. The zero-order chi connectivity index (χ0) is 8.60. The monoisotopic (exact) mass is 171 g/mol. The van der Waals surface area contributed by atoms with Crippen LogP contribution in [0.1, 0.15) is 25.7 Å². The lowest BCUT2D eigenvalue weighted by molar-refractivity contribution is 0.0271. The number of hydrogen-bond donors (Lipinski definition) is 2. The standard InChI is InChI=1S/C8H13NO3/c10-7-9-4-1-6(12-7)5-8(11)2-3-8/h6,11H,1-5H2,(H,9,10). The largest absolute Gasteiger partial charge is 0.446 e. The van der Waals surface area contributed by atoms with Crippen molar-refractivity contribution in [1.29, 1.82) is 0 Å². The summed E-state index contributed by atoms with van der Waals surface area (Å²) in [6.07, 6.45) is 2.71. The van der Waals surface area contributed by atoms with E-state index < -0.39 is 5.60 Å². The number of carbonyl (C=O) groups is 1. The van der Waals surface area contributed by atoms with Gasteiger partial charge in [0, 0.05) is 19.4 Å². The number of hydrogen-bond acceptors (Lipinski definition) is 3. The predicted molar refractivity (Wildman–Crippen MR) is 41.7 cm³/mol. The van der Waals surface area contributed by atoms with Crippen LogP contribution >= 0.6 is 0 Å². The number of rotatable bonds is 2. The first kappa shape index (κ1) is 7.86. The van der Waals surface area contributed by atoms with E-state index in [1.165, 1.54) is 0 Å². The topological polar surface area (TPSA) is 58.6 Å². The van der Waals surface area contributed by atoms with Gasteiger partial charge in [0.1, 0.15) is 6.10 Å². The molecule has 1 heterocycles. The molecule has 0 bridgehead atoms. The summed E-state index contributed by atoms with van der Waals surface area (Å²) in [5.74, 6) is 0. The average molecular weight is 171 g/mol. The van der Waals surface area contributed by atoms with Crippen molar-refractivity contribution in [2.45, 2.75) is 37.4 Å². The van der Waals surface area contributed by atoms with Crippen molar-refractivity contribution in [3.8, 4) is 0 Å². The van der Waals surface area contributed by atoms with E-state index in [4.69, 9.17) is 4.74 Å². The summed E-state index contributed by atoms with van der Waals surface area (Å²) in [5.41, 5.74) is -0.512. The van der Waals surface area contributed by atoms with Gasteiger partial charge in [0.15, 0.2) is 0 Å². The highest BCUT2D eigenvalue weighted by atomic mass is 16.6. The van der Waals surface area contributed by atoms with Crippen LogP contribution in [0.2, 0.25) is 0 Å². The summed E-state index contributed by atoms with van der Waals surface area (Å²) in [6.45, 7) is 0.666. The Bertz CT molecular complexity index is 200. The smallest absolute Gasteiger partial charge is 0.407 e. The molecule has 0 aromatic carbocycles. The van der Waals surface area contributed by atoms with Gasteiger partial charge >= 0.3 is 6.09 Å². The lowest BCUT2D eigenvalue weighted by atomic mass is 10.1. The van der Waals surface area contributed by atoms with Crippen molar-refractivity contribution in [1.82, 2.24) is 5.32 Å². The second-order valence-electron chi connectivity index (χ2n) is 3.67. The Balaban J connectivity index is 1.83. The molecule has 0 spiro atoms. The van der Waals surface area contributed by atoms with Crippen molar-refractivity contribution in [2.75, 3.05) is 6.54 Å². The molecule has 1 aliphatic carbocycles. The van der Waals surface area contributed by atoms with Gasteiger partial charge in [-0.05, 0) is 12.8 Å². The van der Waals surface area contributed by atoms with Gasteiger partial charge in [-0.2, -0.15) is 0 Å². The van der Waals surface area contributed by atoms with Gasteiger partial charge < -0.3 is 15.2 Å². The predicted octanol–water partition coefficient (Wildman–Crippen LogP) is 0.400. The molecule has 2 fully saturated rings. The molecule has 2 aliphatic rings. The molecule has 0 radical (unpaired) electrons. The highest BCUT2D eigenvalue weighted by Crippen LogP contribution is 2.40. The molecule has 2 N–H and O–H groups in total. The van der Waals surface area contributed by atoms with Gasteiger partial charge in [-0.1, -0.05) is 0 Å². The highest BCUT2D eigenvalue weighted by Gasteiger charge is 2.43. The van der Waals surface area contributed by atoms with Crippen LogP contribution in [0.25, 0.3) is 0 Å². The average Bonchev–Trinajstić information content (AvgIpc) is 2.67. The summed E-state index contributed by atoms with van der Waals surface area (Å²) >= 11 is 0. The summed E-state index contributed by atoms with van der Waals surface area (Å²) < 4.78 is 4.99. The Morgan fingerprint density at radius 2 is 2.42 bits per heavy atom. The SMILES string of the molecule is O=C1NCCC(CC2(O)CC2)O1. The van der Waals surface area contributed by atoms with Crippen molar-refractivity contribution >= 4 is 6.09 Å². The number of cyclic esters (lactones) is 1. The molecule has 12 heavy (non-hydrogen) atoms. The van der Waals surface area contributed by atoms with E-state index in [-0.39, 0.29) is 12.2 Å². The molecular weight excluding hydrogens is 158 g/mol. The third kappa shape index (κ3) is 1.69. The summed E-state index contributed by atoms with van der Waals surface area (Å²) in [6, 6.07) is 0. The van der Waals surface area contributed by atoms with Crippen molar-refractivity contribution < 1.29 is 14.6 Å². The first-order valence-electron chi connectivity index (χ1n) is 4.35. The van der Waals surface area contributed by atoms with E-state index in [0.717, 1.165) is 19.3 Å². The fourth-order valence-corrected chi connectivity index (χ4v) is 1.50. The molecule has 1 amide bonds. The molecule has 4 heteroatoms. The molecule has 1 unspecified atom stereocenters. The normalized spacial score (nSPS) is 32.1. The number of alkyl carbamates (subject to hydrolysis) is 1. The van der Waals surface area contributed by atoms with E-state index in [1.807, 2.05) is 0 Å². The number of nitrogens with one attached hydrogen (secondary N) is 1. The first-order chi connectivity index (χ1) is 5.68. The third-order valence-electron chi connectivity index (χ3n) is 2.44. The van der Waals surface area contributed by atoms with Gasteiger partial charge in [0.2, 0.25) is 0 Å². The van der Waals surface area contributed by atoms with Gasteiger partial charge in [-0.25, -0.2) is 4.79 Å². The zero-order valence-corrected chi connectivity index (χ0v) is 6.88. The molecule has 68 valence electrons. The fraction of sp³-hybridized carbons (Fsp3) is 0.875. The minimum atomic E-state index is -0.512. The Labute approximate surface area is 70.9 Å². The summed E-state index contributed by atoms with van der Waals surface area (Å²) in [5, 5.41) is 12.1. The van der Waals surface area contributed by atoms with E-state index in [1.54, 1.807) is 0 Å². The second kappa shape index (κ2) is 2.62. The van der Waals surface area contributed by atoms with Crippen LogP contribution in [0.4, 0.5) is 4.79 Å². The lowest BCUT2D eigenvalue weighted by Crippen LogP contribution is -2.39. The van der Waals surface area contributed by atoms with Crippen LogP contribution in [-0.2, 0) is 4.74 Å². The first-order valence-corrected chi connectivity index (χ1v) is 4.35. The van der Waals surface area contributed by atoms with Crippen molar-refractivity contribution in [2.24, 2.45) is 0 Å². The second-order valence-corrected chi connectivity index (χ2v) is 3.67. The Hall–Kier alpha value is -0.770. The summed E-state index contributed by atoms with van der Waals surface area (Å²) in [7, 11) is 0. The number of amides is 1. The molecule has 0 aromatic rings. The quantitative estimate of drug-likeness (QED) is 0.632. The number of ether oxygens (including phenoxy) is 1. The van der Waals surface area contributed by atoms with Crippen LogP contribution < -0.4 is 5.32 Å². The molecule has 1 saturated carbocycles. The van der Waals surface area contributed by atoms with E-state index in [2.05, 4.69) is 5.32 Å². The maximum absolute atomic E-state index is 10.8. The van der Waals surface area contributed by atoms with E-state index >= 15 is 0 Å². The van der Waals surface area contributed by atoms with E-state index in [0.29, 0.717) is 13.0 Å². The maximum Gasteiger partial charge on any atom is 0.407 e. The van der Waals surface area contributed by atoms with Gasteiger partial charge in [0.05, 0.1) is 5.60 Å². The number of carbonyl (C=O) groups excluding carboxylic acids is 1. The maximum atomic E-state index is 10.8. The van der Waals surface area contributed by atoms with Crippen molar-refractivity contribution in [3.63, 3.8) is 0 Å². The third-order valence-corrected chi connectivity index (χ3v) is 2.44.